The van der Waals surface area contributed by atoms with Crippen molar-refractivity contribution in [1.29, 1.82) is 0 Å². The van der Waals surface area contributed by atoms with Crippen molar-refractivity contribution in [3.05, 3.63) is 89.9 Å². The lowest BCUT2D eigenvalue weighted by atomic mass is 10.2. The summed E-state index contributed by atoms with van der Waals surface area (Å²) in [6.07, 6.45) is 4.82. The Morgan fingerprint density at radius 1 is 0.917 bits per heavy atom. The third kappa shape index (κ3) is 4.11. The number of benzene rings is 2. The van der Waals surface area contributed by atoms with E-state index in [4.69, 9.17) is 14.7 Å². The van der Waals surface area contributed by atoms with E-state index in [0.717, 1.165) is 40.9 Å². The van der Waals surface area contributed by atoms with Gasteiger partial charge in [-0.25, -0.2) is 15.0 Å². The van der Waals surface area contributed by atoms with Crippen LogP contribution in [0.2, 0.25) is 0 Å². The monoisotopic (exact) mass is 478 g/mol. The van der Waals surface area contributed by atoms with Crippen molar-refractivity contribution < 1.29 is 9.53 Å². The molecule has 8 heteroatoms. The maximum absolute atomic E-state index is 13.7. The Kier molecular flexibility index (Phi) is 5.48. The van der Waals surface area contributed by atoms with Crippen LogP contribution in [0, 0.1) is 6.92 Å². The summed E-state index contributed by atoms with van der Waals surface area (Å²) in [6, 6.07) is 19.1. The zero-order valence-corrected chi connectivity index (χ0v) is 20.3. The SMILES string of the molecule is Cc1ccc2nc(COc3cccc(C(=O)N4CCCN(C)c5nc6ccccc6nc54)c3)cn2c1. The lowest BCUT2D eigenvalue weighted by molar-refractivity contribution is 0.0986. The number of aryl methyl sites for hydroxylation is 1. The highest BCUT2D eigenvalue weighted by Crippen LogP contribution is 2.31. The predicted octanol–water partition coefficient (Wildman–Crippen LogP) is 4.65. The first-order valence-corrected chi connectivity index (χ1v) is 12.0. The van der Waals surface area contributed by atoms with Gasteiger partial charge >= 0.3 is 0 Å². The largest absolute Gasteiger partial charge is 0.487 e. The summed E-state index contributed by atoms with van der Waals surface area (Å²) >= 11 is 0. The maximum atomic E-state index is 13.7. The molecule has 0 unspecified atom stereocenters. The van der Waals surface area contributed by atoms with Gasteiger partial charge in [0.05, 0.1) is 16.7 Å². The van der Waals surface area contributed by atoms with E-state index in [1.54, 1.807) is 11.0 Å². The molecule has 0 saturated heterocycles. The highest BCUT2D eigenvalue weighted by atomic mass is 16.5. The second-order valence-corrected chi connectivity index (χ2v) is 9.11. The lowest BCUT2D eigenvalue weighted by Crippen LogP contribution is -2.32. The molecule has 5 aromatic rings. The molecule has 0 saturated carbocycles. The fourth-order valence-electron chi connectivity index (χ4n) is 4.55. The van der Waals surface area contributed by atoms with Crippen LogP contribution in [0.1, 0.15) is 28.0 Å². The van der Waals surface area contributed by atoms with Crippen LogP contribution in [0.5, 0.6) is 5.75 Å². The number of hydrogen-bond acceptors (Lipinski definition) is 6. The molecule has 4 heterocycles. The Labute approximate surface area is 208 Å². The average molecular weight is 479 g/mol. The molecular formula is C28H26N6O2. The number of ether oxygens (including phenoxy) is 1. The van der Waals surface area contributed by atoms with Gasteiger partial charge in [-0.05, 0) is 55.3 Å². The van der Waals surface area contributed by atoms with Crippen molar-refractivity contribution in [2.45, 2.75) is 20.0 Å². The van der Waals surface area contributed by atoms with Crippen LogP contribution in [-0.4, -0.2) is 45.4 Å². The molecule has 2 aromatic carbocycles. The smallest absolute Gasteiger partial charge is 0.259 e. The quantitative estimate of drug-likeness (QED) is 0.374. The molecule has 1 aliphatic heterocycles. The number of nitrogens with zero attached hydrogens (tertiary/aromatic N) is 6. The number of amides is 1. The number of carbonyl (C=O) groups excluding carboxylic acids is 1. The van der Waals surface area contributed by atoms with Gasteiger partial charge in [0.1, 0.15) is 18.0 Å². The standard InChI is InChI=1S/C28H26N6O2/c1-19-11-12-25-29-21(17-33(25)16-19)18-36-22-8-5-7-20(15-22)28(35)34-14-6-13-32(2)26-27(34)31-24-10-4-3-9-23(24)30-26/h3-5,7-12,15-17H,6,13-14,18H2,1-2H3. The van der Waals surface area contributed by atoms with Gasteiger partial charge < -0.3 is 14.0 Å². The normalized spacial score (nSPS) is 13.6. The Morgan fingerprint density at radius 3 is 2.56 bits per heavy atom. The number of carbonyl (C=O) groups is 1. The highest BCUT2D eigenvalue weighted by molar-refractivity contribution is 6.07. The van der Waals surface area contributed by atoms with Crippen molar-refractivity contribution in [3.63, 3.8) is 0 Å². The van der Waals surface area contributed by atoms with Crippen LogP contribution in [0.25, 0.3) is 16.7 Å². The summed E-state index contributed by atoms with van der Waals surface area (Å²) in [6.45, 7) is 3.72. The molecule has 0 bridgehead atoms. The van der Waals surface area contributed by atoms with E-state index in [9.17, 15) is 4.79 Å². The van der Waals surface area contributed by atoms with Crippen molar-refractivity contribution in [1.82, 2.24) is 19.4 Å². The molecule has 0 N–H and O–H groups in total. The van der Waals surface area contributed by atoms with E-state index < -0.39 is 0 Å². The molecule has 0 spiro atoms. The van der Waals surface area contributed by atoms with E-state index in [-0.39, 0.29) is 5.91 Å². The van der Waals surface area contributed by atoms with Crippen LogP contribution >= 0.6 is 0 Å². The first-order chi connectivity index (χ1) is 17.5. The van der Waals surface area contributed by atoms with Crippen molar-refractivity contribution in [3.8, 4) is 5.75 Å². The predicted molar refractivity (Wildman–Crippen MR) is 140 cm³/mol. The zero-order valence-electron chi connectivity index (χ0n) is 20.3. The number of pyridine rings is 1. The first kappa shape index (κ1) is 22.0. The second kappa shape index (κ2) is 8.96. The number of rotatable bonds is 4. The summed E-state index contributed by atoms with van der Waals surface area (Å²) < 4.78 is 8.01. The van der Waals surface area contributed by atoms with Crippen molar-refractivity contribution in [2.75, 3.05) is 29.9 Å². The summed E-state index contributed by atoms with van der Waals surface area (Å²) in [5, 5.41) is 0. The van der Waals surface area contributed by atoms with Gasteiger partial charge in [0, 0.05) is 38.1 Å². The van der Waals surface area contributed by atoms with Crippen LogP contribution < -0.4 is 14.5 Å². The molecule has 36 heavy (non-hydrogen) atoms. The first-order valence-electron chi connectivity index (χ1n) is 12.0. The van der Waals surface area contributed by atoms with Crippen LogP contribution in [0.3, 0.4) is 0 Å². The number of imidazole rings is 1. The van der Waals surface area contributed by atoms with Gasteiger partial charge in [0.25, 0.3) is 5.91 Å². The Hall–Kier alpha value is -4.46. The van der Waals surface area contributed by atoms with E-state index in [1.165, 1.54) is 0 Å². The fourth-order valence-corrected chi connectivity index (χ4v) is 4.55. The van der Waals surface area contributed by atoms with Gasteiger partial charge in [0.15, 0.2) is 11.6 Å². The van der Waals surface area contributed by atoms with Gasteiger partial charge in [-0.3, -0.25) is 9.69 Å². The van der Waals surface area contributed by atoms with Crippen molar-refractivity contribution in [2.24, 2.45) is 0 Å². The Bertz CT molecular complexity index is 1590. The summed E-state index contributed by atoms with van der Waals surface area (Å²) in [5.74, 6) is 1.80. The van der Waals surface area contributed by atoms with Crippen LogP contribution in [-0.2, 0) is 6.61 Å². The third-order valence-corrected chi connectivity index (χ3v) is 6.39. The summed E-state index contributed by atoms with van der Waals surface area (Å²) in [7, 11) is 1.99. The summed E-state index contributed by atoms with van der Waals surface area (Å²) in [5.41, 5.74) is 4.99. The minimum Gasteiger partial charge on any atom is -0.487 e. The topological polar surface area (TPSA) is 75.9 Å². The third-order valence-electron chi connectivity index (χ3n) is 6.39. The van der Waals surface area contributed by atoms with Gasteiger partial charge in [-0.15, -0.1) is 0 Å². The van der Waals surface area contributed by atoms with E-state index >= 15 is 0 Å². The Balaban J connectivity index is 1.27. The van der Waals surface area contributed by atoms with Crippen molar-refractivity contribution >= 4 is 34.2 Å². The van der Waals surface area contributed by atoms with Gasteiger partial charge in [-0.1, -0.05) is 24.3 Å². The molecule has 0 radical (unpaired) electrons. The molecule has 1 amide bonds. The van der Waals surface area contributed by atoms with Gasteiger partial charge in [-0.2, -0.15) is 0 Å². The number of aromatic nitrogens is 4. The molecule has 0 fully saturated rings. The van der Waals surface area contributed by atoms with Crippen LogP contribution in [0.4, 0.5) is 11.6 Å². The van der Waals surface area contributed by atoms with E-state index in [0.29, 0.717) is 36.1 Å². The maximum Gasteiger partial charge on any atom is 0.259 e. The minimum absolute atomic E-state index is 0.121. The second-order valence-electron chi connectivity index (χ2n) is 9.11. The number of anilines is 2. The molecule has 3 aromatic heterocycles. The molecule has 6 rings (SSSR count). The average Bonchev–Trinajstić information content (AvgIpc) is 3.23. The lowest BCUT2D eigenvalue weighted by Gasteiger charge is -2.23. The van der Waals surface area contributed by atoms with E-state index in [1.807, 2.05) is 85.4 Å². The number of para-hydroxylation sites is 2. The molecule has 1 aliphatic rings. The number of fused-ring (bicyclic) bond motifs is 3. The van der Waals surface area contributed by atoms with Crippen LogP contribution in [0.15, 0.2) is 73.1 Å². The minimum atomic E-state index is -0.121. The highest BCUT2D eigenvalue weighted by Gasteiger charge is 2.27. The zero-order chi connectivity index (χ0) is 24.6. The Morgan fingerprint density at radius 2 is 1.72 bits per heavy atom. The molecule has 180 valence electrons. The molecular weight excluding hydrogens is 452 g/mol. The number of hydrogen-bond donors (Lipinski definition) is 0. The van der Waals surface area contributed by atoms with E-state index in [2.05, 4.69) is 9.88 Å². The summed E-state index contributed by atoms with van der Waals surface area (Å²) in [4.78, 5) is 31.8. The van der Waals surface area contributed by atoms with Gasteiger partial charge in [0.2, 0.25) is 0 Å². The molecule has 0 aliphatic carbocycles. The molecule has 8 nitrogen and oxygen atoms in total. The molecule has 0 atom stereocenters. The fraction of sp³-hybridized carbons (Fsp3) is 0.214.